The average molecular weight is 377 g/mol. The molecule has 1 heterocycles. The highest BCUT2D eigenvalue weighted by Gasteiger charge is 2.14. The number of hydrogen-bond donors (Lipinski definition) is 1. The largest absolute Gasteiger partial charge is 0.465 e. The van der Waals surface area contributed by atoms with E-state index in [1.807, 2.05) is 0 Å². The van der Waals surface area contributed by atoms with E-state index in [9.17, 15) is 9.59 Å². The van der Waals surface area contributed by atoms with E-state index >= 15 is 0 Å². The number of para-hydroxylation sites is 1. The second kappa shape index (κ2) is 7.58. The van der Waals surface area contributed by atoms with Crippen molar-refractivity contribution in [2.45, 2.75) is 5.22 Å². The molecule has 6 nitrogen and oxygen atoms in total. The Labute approximate surface area is 152 Å². The minimum atomic E-state index is -0.514. The highest BCUT2D eigenvalue weighted by molar-refractivity contribution is 7.99. The third kappa shape index (κ3) is 4.12. The molecule has 128 valence electrons. The van der Waals surface area contributed by atoms with Gasteiger partial charge < -0.3 is 14.5 Å². The van der Waals surface area contributed by atoms with Crippen LogP contribution in [0.4, 0.5) is 5.69 Å². The molecule has 1 amide bonds. The van der Waals surface area contributed by atoms with E-state index < -0.39 is 5.97 Å². The Morgan fingerprint density at radius 3 is 2.88 bits per heavy atom. The first-order valence-corrected chi connectivity index (χ1v) is 8.59. The fourth-order valence-corrected chi connectivity index (χ4v) is 2.94. The standard InChI is InChI=1S/C17H13ClN2O4S/c1-23-16(22)11-4-2-3-5-12(11)19-15(21)9-25-17-20-13-8-10(18)6-7-14(13)24-17/h2-8H,9H2,1H3,(H,19,21). The van der Waals surface area contributed by atoms with Gasteiger partial charge in [-0.3, -0.25) is 4.79 Å². The van der Waals surface area contributed by atoms with Crippen LogP contribution in [-0.2, 0) is 9.53 Å². The van der Waals surface area contributed by atoms with Crippen LogP contribution in [0.3, 0.4) is 0 Å². The molecule has 0 spiro atoms. The van der Waals surface area contributed by atoms with Gasteiger partial charge in [-0.2, -0.15) is 0 Å². The van der Waals surface area contributed by atoms with E-state index in [1.54, 1.807) is 42.5 Å². The molecule has 0 aliphatic carbocycles. The van der Waals surface area contributed by atoms with Gasteiger partial charge >= 0.3 is 5.97 Å². The molecule has 3 rings (SSSR count). The monoisotopic (exact) mass is 376 g/mol. The summed E-state index contributed by atoms with van der Waals surface area (Å²) in [4.78, 5) is 28.1. The minimum absolute atomic E-state index is 0.0794. The molecule has 0 aliphatic rings. The minimum Gasteiger partial charge on any atom is -0.465 e. The zero-order chi connectivity index (χ0) is 17.8. The van der Waals surface area contributed by atoms with Crippen LogP contribution in [0.2, 0.25) is 5.02 Å². The molecule has 0 fully saturated rings. The van der Waals surface area contributed by atoms with Gasteiger partial charge in [0.05, 0.1) is 24.1 Å². The van der Waals surface area contributed by atoms with Crippen LogP contribution < -0.4 is 5.32 Å². The molecular weight excluding hydrogens is 364 g/mol. The smallest absolute Gasteiger partial charge is 0.339 e. The summed E-state index contributed by atoms with van der Waals surface area (Å²) in [6, 6.07) is 11.8. The van der Waals surface area contributed by atoms with Gasteiger partial charge in [-0.25, -0.2) is 9.78 Å². The number of ether oxygens (including phenoxy) is 1. The maximum Gasteiger partial charge on any atom is 0.339 e. The molecule has 0 radical (unpaired) electrons. The SMILES string of the molecule is COC(=O)c1ccccc1NC(=O)CSc1nc2cc(Cl)ccc2o1. The molecule has 0 atom stereocenters. The fraction of sp³-hybridized carbons (Fsp3) is 0.118. The first-order valence-electron chi connectivity index (χ1n) is 7.23. The molecule has 0 aliphatic heterocycles. The zero-order valence-corrected chi connectivity index (χ0v) is 14.7. The second-order valence-corrected chi connectivity index (χ2v) is 6.33. The van der Waals surface area contributed by atoms with Gasteiger partial charge in [-0.15, -0.1) is 0 Å². The number of anilines is 1. The van der Waals surface area contributed by atoms with E-state index in [1.165, 1.54) is 7.11 Å². The van der Waals surface area contributed by atoms with Gasteiger partial charge in [0.25, 0.3) is 5.22 Å². The van der Waals surface area contributed by atoms with Crippen molar-refractivity contribution in [3.8, 4) is 0 Å². The van der Waals surface area contributed by atoms with Gasteiger partial charge in [0.15, 0.2) is 5.58 Å². The number of fused-ring (bicyclic) bond motifs is 1. The molecule has 25 heavy (non-hydrogen) atoms. The first kappa shape index (κ1) is 17.3. The number of rotatable bonds is 5. The predicted molar refractivity (Wildman–Crippen MR) is 96.2 cm³/mol. The summed E-state index contributed by atoms with van der Waals surface area (Å²) in [7, 11) is 1.29. The van der Waals surface area contributed by atoms with Crippen LogP contribution in [0.15, 0.2) is 52.1 Å². The zero-order valence-electron chi connectivity index (χ0n) is 13.1. The third-order valence-corrected chi connectivity index (χ3v) is 4.33. The summed E-state index contributed by atoms with van der Waals surface area (Å²) in [5, 5.41) is 3.62. The van der Waals surface area contributed by atoms with Crippen LogP contribution >= 0.6 is 23.4 Å². The highest BCUT2D eigenvalue weighted by Crippen LogP contribution is 2.26. The molecule has 1 N–H and O–H groups in total. The molecule has 8 heteroatoms. The summed E-state index contributed by atoms with van der Waals surface area (Å²) >= 11 is 7.06. The summed E-state index contributed by atoms with van der Waals surface area (Å²) in [6.07, 6.45) is 0. The van der Waals surface area contributed by atoms with Crippen LogP contribution in [0, 0.1) is 0 Å². The van der Waals surface area contributed by atoms with Gasteiger partial charge in [0, 0.05) is 5.02 Å². The van der Waals surface area contributed by atoms with Crippen molar-refractivity contribution in [1.29, 1.82) is 0 Å². The molecule has 3 aromatic rings. The Kier molecular flexibility index (Phi) is 5.25. The van der Waals surface area contributed by atoms with Crippen LogP contribution in [0.5, 0.6) is 0 Å². The van der Waals surface area contributed by atoms with E-state index in [0.717, 1.165) is 11.8 Å². The highest BCUT2D eigenvalue weighted by atomic mass is 35.5. The molecule has 0 bridgehead atoms. The van der Waals surface area contributed by atoms with E-state index in [4.69, 9.17) is 20.8 Å². The third-order valence-electron chi connectivity index (χ3n) is 3.26. The summed E-state index contributed by atoms with van der Waals surface area (Å²) in [6.45, 7) is 0. The number of nitrogens with one attached hydrogen (secondary N) is 1. The Bertz CT molecular complexity index is 941. The van der Waals surface area contributed by atoms with Crippen molar-refractivity contribution in [3.05, 3.63) is 53.1 Å². The number of esters is 1. The lowest BCUT2D eigenvalue weighted by molar-refractivity contribution is -0.113. The Balaban J connectivity index is 1.66. The topological polar surface area (TPSA) is 81.4 Å². The normalized spacial score (nSPS) is 10.6. The van der Waals surface area contributed by atoms with Gasteiger partial charge in [-0.05, 0) is 30.3 Å². The number of oxazole rings is 1. The lowest BCUT2D eigenvalue weighted by atomic mass is 10.2. The number of thioether (sulfide) groups is 1. The number of nitrogens with zero attached hydrogens (tertiary/aromatic N) is 1. The number of benzene rings is 2. The summed E-state index contributed by atoms with van der Waals surface area (Å²) < 4.78 is 10.2. The Morgan fingerprint density at radius 1 is 1.28 bits per heavy atom. The molecule has 2 aromatic carbocycles. The second-order valence-electron chi connectivity index (χ2n) is 4.97. The van der Waals surface area contributed by atoms with Gasteiger partial charge in [-0.1, -0.05) is 35.5 Å². The van der Waals surface area contributed by atoms with Crippen molar-refractivity contribution >= 4 is 52.0 Å². The van der Waals surface area contributed by atoms with E-state index in [2.05, 4.69) is 10.3 Å². The molecule has 0 saturated heterocycles. The summed E-state index contributed by atoms with van der Waals surface area (Å²) in [5.41, 5.74) is 1.92. The quantitative estimate of drug-likeness (QED) is 0.535. The molecule has 1 aromatic heterocycles. The first-order chi connectivity index (χ1) is 12.1. The average Bonchev–Trinajstić information content (AvgIpc) is 3.02. The Morgan fingerprint density at radius 2 is 2.08 bits per heavy atom. The lowest BCUT2D eigenvalue weighted by Crippen LogP contribution is -2.17. The number of halogens is 1. The fourth-order valence-electron chi connectivity index (χ4n) is 2.13. The lowest BCUT2D eigenvalue weighted by Gasteiger charge is -2.08. The maximum absolute atomic E-state index is 12.1. The number of methoxy groups -OCH3 is 1. The number of aromatic nitrogens is 1. The van der Waals surface area contributed by atoms with Crippen molar-refractivity contribution < 1.29 is 18.7 Å². The maximum atomic E-state index is 12.1. The number of carbonyl (C=O) groups excluding carboxylic acids is 2. The number of hydrogen-bond acceptors (Lipinski definition) is 6. The molecule has 0 saturated carbocycles. The van der Waals surface area contributed by atoms with Crippen molar-refractivity contribution in [3.63, 3.8) is 0 Å². The van der Waals surface area contributed by atoms with E-state index in [0.29, 0.717) is 32.6 Å². The van der Waals surface area contributed by atoms with Crippen LogP contribution in [0.25, 0.3) is 11.1 Å². The van der Waals surface area contributed by atoms with Gasteiger partial charge in [0.2, 0.25) is 5.91 Å². The van der Waals surface area contributed by atoms with Crippen molar-refractivity contribution in [1.82, 2.24) is 4.98 Å². The number of amides is 1. The number of carbonyl (C=O) groups is 2. The van der Waals surface area contributed by atoms with Gasteiger partial charge in [0.1, 0.15) is 5.52 Å². The van der Waals surface area contributed by atoms with Crippen molar-refractivity contribution in [2.75, 3.05) is 18.2 Å². The van der Waals surface area contributed by atoms with Crippen LogP contribution in [0.1, 0.15) is 10.4 Å². The van der Waals surface area contributed by atoms with Crippen molar-refractivity contribution in [2.24, 2.45) is 0 Å². The summed E-state index contributed by atoms with van der Waals surface area (Å²) in [5.74, 6) is -0.725. The Hall–Kier alpha value is -2.51. The molecular formula is C17H13ClN2O4S. The van der Waals surface area contributed by atoms with Crippen LogP contribution in [-0.4, -0.2) is 29.7 Å². The predicted octanol–water partition coefficient (Wildman–Crippen LogP) is 4.00. The van der Waals surface area contributed by atoms with E-state index in [-0.39, 0.29) is 11.7 Å². The molecule has 0 unspecified atom stereocenters.